The van der Waals surface area contributed by atoms with Gasteiger partial charge in [-0.15, -0.1) is 11.3 Å². The van der Waals surface area contributed by atoms with Crippen LogP contribution >= 0.6 is 22.9 Å². The lowest BCUT2D eigenvalue weighted by atomic mass is 10.2. The number of nitrogens with one attached hydrogen (secondary N) is 1. The summed E-state index contributed by atoms with van der Waals surface area (Å²) in [6.45, 7) is 0. The third-order valence-corrected chi connectivity index (χ3v) is 8.36. The van der Waals surface area contributed by atoms with E-state index in [2.05, 4.69) is 4.72 Å². The second kappa shape index (κ2) is 5.48. The molecule has 0 saturated heterocycles. The Labute approximate surface area is 147 Å². The predicted molar refractivity (Wildman–Crippen MR) is 92.3 cm³/mol. The fourth-order valence-electron chi connectivity index (χ4n) is 2.20. The molecule has 1 aliphatic rings. The zero-order chi connectivity index (χ0) is 17.9. The highest BCUT2D eigenvalue weighted by Crippen LogP contribution is 2.42. The van der Waals surface area contributed by atoms with Crippen LogP contribution in [0.25, 0.3) is 0 Å². The summed E-state index contributed by atoms with van der Waals surface area (Å²) in [5.74, 6) is -0.891. The van der Waals surface area contributed by atoms with Crippen LogP contribution in [-0.2, 0) is 20.2 Å². The number of anilines is 3. The molecule has 0 aliphatic carbocycles. The number of hydrogen-bond donors (Lipinski definition) is 1. The zero-order valence-electron chi connectivity index (χ0n) is 12.3. The molecule has 1 aliphatic heterocycles. The Bertz CT molecular complexity index is 1040. The highest BCUT2D eigenvalue weighted by Gasteiger charge is 2.36. The molecule has 0 amide bonds. The van der Waals surface area contributed by atoms with Gasteiger partial charge in [0.25, 0.3) is 10.0 Å². The van der Waals surface area contributed by atoms with Gasteiger partial charge >= 0.3 is 10.2 Å². The average molecular weight is 412 g/mol. The van der Waals surface area contributed by atoms with E-state index in [1.54, 1.807) is 0 Å². The molecule has 0 fully saturated rings. The number of nitrogens with zero attached hydrogens (tertiary/aromatic N) is 2. The van der Waals surface area contributed by atoms with Crippen molar-refractivity contribution in [1.29, 1.82) is 0 Å². The van der Waals surface area contributed by atoms with E-state index in [9.17, 15) is 21.2 Å². The summed E-state index contributed by atoms with van der Waals surface area (Å²) in [6.07, 6.45) is 0. The molecule has 0 unspecified atom stereocenters. The number of rotatable bonds is 3. The van der Waals surface area contributed by atoms with Crippen molar-refractivity contribution < 1.29 is 21.2 Å². The molecule has 0 spiro atoms. The first-order valence-corrected chi connectivity index (χ1v) is 10.5. The Morgan fingerprint density at radius 2 is 1.75 bits per heavy atom. The molecular formula is C12H11ClFN3O4S3. The van der Waals surface area contributed by atoms with Crippen LogP contribution in [0.3, 0.4) is 0 Å². The van der Waals surface area contributed by atoms with E-state index >= 15 is 0 Å². The molecule has 2 aromatic rings. The Balaban J connectivity index is 2.05. The summed E-state index contributed by atoms with van der Waals surface area (Å²) in [6, 6.07) is 4.81. The summed E-state index contributed by atoms with van der Waals surface area (Å²) in [7, 11) is -5.23. The van der Waals surface area contributed by atoms with Crippen LogP contribution in [0.2, 0.25) is 4.34 Å². The Hall–Kier alpha value is -1.56. The molecule has 1 N–H and O–H groups in total. The molecular weight excluding hydrogens is 401 g/mol. The summed E-state index contributed by atoms with van der Waals surface area (Å²) in [5, 5.41) is 0. The van der Waals surface area contributed by atoms with Crippen molar-refractivity contribution in [3.05, 3.63) is 34.4 Å². The lowest BCUT2D eigenvalue weighted by Crippen LogP contribution is -2.32. The first kappa shape index (κ1) is 17.3. The normalized spacial score (nSPS) is 16.3. The lowest BCUT2D eigenvalue weighted by Gasteiger charge is -2.13. The van der Waals surface area contributed by atoms with Crippen LogP contribution < -0.4 is 13.3 Å². The minimum atomic E-state index is -4.03. The number of sulfonamides is 1. The van der Waals surface area contributed by atoms with Gasteiger partial charge in [-0.2, -0.15) is 8.42 Å². The molecule has 2 heterocycles. The Morgan fingerprint density at radius 1 is 1.17 bits per heavy atom. The second-order valence-electron chi connectivity index (χ2n) is 4.93. The Morgan fingerprint density at radius 3 is 2.29 bits per heavy atom. The van der Waals surface area contributed by atoms with E-state index in [1.807, 2.05) is 0 Å². The van der Waals surface area contributed by atoms with Crippen LogP contribution in [-0.4, -0.2) is 30.9 Å². The van der Waals surface area contributed by atoms with Gasteiger partial charge in [-0.1, -0.05) is 11.6 Å². The largest absolute Gasteiger partial charge is 0.326 e. The third kappa shape index (κ3) is 2.61. The fourth-order valence-corrected chi connectivity index (χ4v) is 5.90. The molecule has 0 radical (unpaired) electrons. The van der Waals surface area contributed by atoms with E-state index in [4.69, 9.17) is 11.6 Å². The average Bonchev–Trinajstić information content (AvgIpc) is 2.99. The van der Waals surface area contributed by atoms with Crippen LogP contribution in [0.4, 0.5) is 21.5 Å². The second-order valence-corrected chi connectivity index (χ2v) is 10.5. The minimum absolute atomic E-state index is 0.0782. The van der Waals surface area contributed by atoms with Crippen LogP contribution in [0.1, 0.15) is 0 Å². The maximum atomic E-state index is 14.3. The van der Waals surface area contributed by atoms with Gasteiger partial charge in [0.05, 0.1) is 21.4 Å². The van der Waals surface area contributed by atoms with Gasteiger partial charge in [-0.05, 0) is 18.2 Å². The SMILES string of the molecule is CN1c2cc(F)c(NS(=O)(=O)c3ccc(Cl)s3)cc2N(C)S1(=O)=O. The first-order chi connectivity index (χ1) is 11.0. The monoisotopic (exact) mass is 411 g/mol. The zero-order valence-corrected chi connectivity index (χ0v) is 15.5. The van der Waals surface area contributed by atoms with E-state index in [0.29, 0.717) is 0 Å². The van der Waals surface area contributed by atoms with Crippen LogP contribution in [0.15, 0.2) is 28.5 Å². The van der Waals surface area contributed by atoms with E-state index in [1.165, 1.54) is 26.2 Å². The summed E-state index contributed by atoms with van der Waals surface area (Å²) < 4.78 is 67.1. The highest BCUT2D eigenvalue weighted by molar-refractivity contribution is 7.95. The third-order valence-electron chi connectivity index (χ3n) is 3.49. The molecule has 1 aromatic carbocycles. The van der Waals surface area contributed by atoms with Crippen molar-refractivity contribution in [3.63, 3.8) is 0 Å². The molecule has 3 rings (SSSR count). The summed E-state index contributed by atoms with van der Waals surface area (Å²) >= 11 is 6.54. The molecule has 12 heteroatoms. The van der Waals surface area contributed by atoms with E-state index < -0.39 is 26.0 Å². The van der Waals surface area contributed by atoms with Crippen molar-refractivity contribution >= 4 is 60.2 Å². The molecule has 0 atom stereocenters. The van der Waals surface area contributed by atoms with Crippen molar-refractivity contribution in [2.75, 3.05) is 27.4 Å². The van der Waals surface area contributed by atoms with Gasteiger partial charge in [0, 0.05) is 20.2 Å². The number of benzene rings is 1. The first-order valence-electron chi connectivity index (χ1n) is 6.38. The molecule has 7 nitrogen and oxygen atoms in total. The number of halogens is 2. The van der Waals surface area contributed by atoms with Gasteiger partial charge in [-0.3, -0.25) is 13.3 Å². The van der Waals surface area contributed by atoms with Crippen molar-refractivity contribution in [2.24, 2.45) is 0 Å². The maximum absolute atomic E-state index is 14.3. The quantitative estimate of drug-likeness (QED) is 0.840. The topological polar surface area (TPSA) is 86.8 Å². The molecule has 130 valence electrons. The van der Waals surface area contributed by atoms with Crippen molar-refractivity contribution in [2.45, 2.75) is 4.21 Å². The highest BCUT2D eigenvalue weighted by atomic mass is 35.5. The van der Waals surface area contributed by atoms with Gasteiger partial charge in [0.2, 0.25) is 0 Å². The number of hydrogen-bond acceptors (Lipinski definition) is 5. The maximum Gasteiger partial charge on any atom is 0.326 e. The standard InChI is InChI=1S/C12H11ClFN3O4S3/c1-16-9-5-7(14)8(6-10(9)17(2)24(16,20)21)15-23(18,19)12-4-3-11(13)22-12/h3-6,15H,1-2H3. The molecule has 0 bridgehead atoms. The van der Waals surface area contributed by atoms with Crippen molar-refractivity contribution in [3.8, 4) is 0 Å². The van der Waals surface area contributed by atoms with Crippen LogP contribution in [0.5, 0.6) is 0 Å². The Kier molecular flexibility index (Phi) is 3.94. The predicted octanol–water partition coefficient (Wildman–Crippen LogP) is 2.47. The molecule has 0 saturated carbocycles. The summed E-state index contributed by atoms with van der Waals surface area (Å²) in [4.78, 5) is 0. The van der Waals surface area contributed by atoms with Gasteiger partial charge < -0.3 is 0 Å². The van der Waals surface area contributed by atoms with Gasteiger partial charge in [0.1, 0.15) is 10.0 Å². The lowest BCUT2D eigenvalue weighted by molar-refractivity contribution is 0.595. The van der Waals surface area contributed by atoms with Crippen LogP contribution in [0, 0.1) is 5.82 Å². The fraction of sp³-hybridized carbons (Fsp3) is 0.167. The number of thiophene rings is 1. The molecule has 24 heavy (non-hydrogen) atoms. The number of fused-ring (bicyclic) bond motifs is 1. The minimum Gasteiger partial charge on any atom is -0.276 e. The van der Waals surface area contributed by atoms with Crippen molar-refractivity contribution in [1.82, 2.24) is 0 Å². The van der Waals surface area contributed by atoms with Gasteiger partial charge in [0.15, 0.2) is 0 Å². The van der Waals surface area contributed by atoms with E-state index in [-0.39, 0.29) is 25.6 Å². The smallest absolute Gasteiger partial charge is 0.276 e. The summed E-state index contributed by atoms with van der Waals surface area (Å²) in [5.41, 5.74) is -0.0615. The van der Waals surface area contributed by atoms with E-state index in [0.717, 1.165) is 32.1 Å². The van der Waals surface area contributed by atoms with Gasteiger partial charge in [-0.25, -0.2) is 12.8 Å². The molecule has 1 aromatic heterocycles.